The molecule has 1 amide bonds. The zero-order chi connectivity index (χ0) is 24.1. The first-order valence-electron chi connectivity index (χ1n) is 10.8. The van der Waals surface area contributed by atoms with Gasteiger partial charge in [-0.25, -0.2) is 4.79 Å². The highest BCUT2D eigenvalue weighted by Crippen LogP contribution is 2.26. The Bertz CT molecular complexity index is 1260. The molecule has 1 aromatic carbocycles. The van der Waals surface area contributed by atoms with Crippen molar-refractivity contribution >= 4 is 11.9 Å². The summed E-state index contributed by atoms with van der Waals surface area (Å²) < 4.78 is 17.7. The first-order valence-corrected chi connectivity index (χ1v) is 10.8. The van der Waals surface area contributed by atoms with Gasteiger partial charge in [0.25, 0.3) is 11.5 Å². The number of nitrogens with zero attached hydrogens (tertiary/aromatic N) is 3. The van der Waals surface area contributed by atoms with Gasteiger partial charge in [0.05, 0.1) is 19.8 Å². The van der Waals surface area contributed by atoms with E-state index < -0.39 is 5.97 Å². The van der Waals surface area contributed by atoms with Gasteiger partial charge in [-0.3, -0.25) is 14.6 Å². The molecule has 0 atom stereocenters. The average molecular weight is 463 g/mol. The van der Waals surface area contributed by atoms with E-state index in [1.54, 1.807) is 53.7 Å². The Labute approximate surface area is 196 Å². The van der Waals surface area contributed by atoms with E-state index in [-0.39, 0.29) is 42.4 Å². The minimum atomic E-state index is -0.599. The molecule has 9 heteroatoms. The van der Waals surface area contributed by atoms with E-state index >= 15 is 0 Å². The number of fused-ring (bicyclic) bond motifs is 1. The Balaban J connectivity index is 1.65. The summed E-state index contributed by atoms with van der Waals surface area (Å²) in [5.74, 6) is -0.164. The van der Waals surface area contributed by atoms with Crippen molar-refractivity contribution in [2.45, 2.75) is 19.6 Å². The smallest absolute Gasteiger partial charge is 0.343 e. The molecule has 3 aromatic rings. The van der Waals surface area contributed by atoms with Crippen LogP contribution in [0.15, 0.2) is 59.7 Å². The Morgan fingerprint density at radius 2 is 1.76 bits per heavy atom. The monoisotopic (exact) mass is 463 g/mol. The molecule has 176 valence electrons. The Morgan fingerprint density at radius 1 is 1.00 bits per heavy atom. The zero-order valence-electron chi connectivity index (χ0n) is 19.0. The van der Waals surface area contributed by atoms with Crippen LogP contribution in [-0.2, 0) is 24.3 Å². The highest BCUT2D eigenvalue weighted by atomic mass is 16.5. The summed E-state index contributed by atoms with van der Waals surface area (Å²) in [6.45, 7) is 1.02. The number of methoxy groups -OCH3 is 2. The van der Waals surface area contributed by atoms with Crippen LogP contribution < -0.4 is 15.0 Å². The van der Waals surface area contributed by atoms with Gasteiger partial charge in [-0.1, -0.05) is 12.1 Å². The SMILES string of the molecule is COC(=O)c1c(OCc2ccncc2)cc(=O)n2c1CCN(C(=O)c1ccccc1OC)CC2. The highest BCUT2D eigenvalue weighted by Gasteiger charge is 2.28. The number of hydrogen-bond acceptors (Lipinski definition) is 7. The molecule has 0 bridgehead atoms. The topological polar surface area (TPSA) is 100.0 Å². The number of rotatable bonds is 6. The number of carbonyl (C=O) groups excluding carboxylic acids is 2. The molecule has 4 rings (SSSR count). The van der Waals surface area contributed by atoms with Gasteiger partial charge in [-0.05, 0) is 29.8 Å². The second-order valence-electron chi connectivity index (χ2n) is 7.70. The molecule has 34 heavy (non-hydrogen) atoms. The predicted molar refractivity (Wildman–Crippen MR) is 123 cm³/mol. The Hall–Kier alpha value is -4.14. The molecule has 3 heterocycles. The second kappa shape index (κ2) is 10.2. The molecule has 0 spiro atoms. The Morgan fingerprint density at radius 3 is 2.50 bits per heavy atom. The van der Waals surface area contributed by atoms with Crippen molar-refractivity contribution in [1.82, 2.24) is 14.5 Å². The van der Waals surface area contributed by atoms with Crippen LogP contribution in [0.2, 0.25) is 0 Å². The van der Waals surface area contributed by atoms with Crippen molar-refractivity contribution < 1.29 is 23.8 Å². The van der Waals surface area contributed by atoms with Crippen molar-refractivity contribution in [1.29, 1.82) is 0 Å². The van der Waals surface area contributed by atoms with Crippen LogP contribution >= 0.6 is 0 Å². The number of pyridine rings is 2. The van der Waals surface area contributed by atoms with Gasteiger partial charge in [0.15, 0.2) is 0 Å². The molecule has 1 aliphatic heterocycles. The molecule has 0 aliphatic carbocycles. The van der Waals surface area contributed by atoms with E-state index in [0.717, 1.165) is 5.56 Å². The van der Waals surface area contributed by atoms with Crippen molar-refractivity contribution in [3.8, 4) is 11.5 Å². The fourth-order valence-electron chi connectivity index (χ4n) is 4.02. The molecule has 0 saturated carbocycles. The van der Waals surface area contributed by atoms with Crippen LogP contribution in [0.1, 0.15) is 32.0 Å². The van der Waals surface area contributed by atoms with Gasteiger partial charge in [0, 0.05) is 50.2 Å². The van der Waals surface area contributed by atoms with Crippen molar-refractivity contribution in [3.05, 3.63) is 87.6 Å². The molecule has 9 nitrogen and oxygen atoms in total. The lowest BCUT2D eigenvalue weighted by molar-refractivity contribution is 0.0592. The number of hydrogen-bond donors (Lipinski definition) is 0. The largest absolute Gasteiger partial charge is 0.496 e. The van der Waals surface area contributed by atoms with E-state index in [1.807, 2.05) is 0 Å². The van der Waals surface area contributed by atoms with E-state index in [4.69, 9.17) is 14.2 Å². The summed E-state index contributed by atoms with van der Waals surface area (Å²) in [6.07, 6.45) is 3.56. The maximum absolute atomic E-state index is 13.2. The molecular weight excluding hydrogens is 438 g/mol. The average Bonchev–Trinajstić information content (AvgIpc) is 3.11. The number of ether oxygens (including phenoxy) is 3. The summed E-state index contributed by atoms with van der Waals surface area (Å²) >= 11 is 0. The van der Waals surface area contributed by atoms with Gasteiger partial charge >= 0.3 is 5.97 Å². The third-order valence-corrected chi connectivity index (χ3v) is 5.75. The number of benzene rings is 1. The lowest BCUT2D eigenvalue weighted by Crippen LogP contribution is -2.34. The molecule has 0 fully saturated rings. The zero-order valence-corrected chi connectivity index (χ0v) is 19.0. The number of para-hydroxylation sites is 1. The van der Waals surface area contributed by atoms with Gasteiger partial charge in [-0.15, -0.1) is 0 Å². The van der Waals surface area contributed by atoms with Crippen molar-refractivity contribution in [2.24, 2.45) is 0 Å². The van der Waals surface area contributed by atoms with Crippen LogP contribution in [0.5, 0.6) is 11.5 Å². The van der Waals surface area contributed by atoms with E-state index in [1.165, 1.54) is 24.9 Å². The van der Waals surface area contributed by atoms with Crippen LogP contribution in [0, 0.1) is 0 Å². The highest BCUT2D eigenvalue weighted by molar-refractivity contribution is 5.97. The van der Waals surface area contributed by atoms with E-state index in [2.05, 4.69) is 4.98 Å². The standard InChI is InChI=1S/C25H25N3O6/c1-32-20-6-4-3-5-18(20)24(30)27-12-9-19-23(25(31)33-2)21(15-22(29)28(19)14-13-27)34-16-17-7-10-26-11-8-17/h3-8,10-11,15H,9,12-14,16H2,1-2H3. The fourth-order valence-corrected chi connectivity index (χ4v) is 4.02. The van der Waals surface area contributed by atoms with Gasteiger partial charge in [0.1, 0.15) is 23.7 Å². The first kappa shape index (κ1) is 23.0. The van der Waals surface area contributed by atoms with Gasteiger partial charge in [0.2, 0.25) is 0 Å². The quantitative estimate of drug-likeness (QED) is 0.517. The van der Waals surface area contributed by atoms with Crippen LogP contribution in [0.4, 0.5) is 0 Å². The summed E-state index contributed by atoms with van der Waals surface area (Å²) in [5.41, 5.74) is 1.66. The van der Waals surface area contributed by atoms with Crippen LogP contribution in [0.3, 0.4) is 0 Å². The number of esters is 1. The summed E-state index contributed by atoms with van der Waals surface area (Å²) in [5, 5.41) is 0. The summed E-state index contributed by atoms with van der Waals surface area (Å²) in [7, 11) is 2.80. The van der Waals surface area contributed by atoms with E-state index in [0.29, 0.717) is 30.1 Å². The minimum absolute atomic E-state index is 0.157. The molecule has 0 radical (unpaired) electrons. The van der Waals surface area contributed by atoms with Crippen molar-refractivity contribution in [3.63, 3.8) is 0 Å². The Kier molecular flexibility index (Phi) is 6.91. The maximum Gasteiger partial charge on any atom is 0.343 e. The fraction of sp³-hybridized carbons (Fsp3) is 0.280. The second-order valence-corrected chi connectivity index (χ2v) is 7.70. The van der Waals surface area contributed by atoms with Gasteiger partial charge < -0.3 is 23.7 Å². The lowest BCUT2D eigenvalue weighted by atomic mass is 10.1. The molecule has 0 N–H and O–H groups in total. The number of aromatic nitrogens is 2. The maximum atomic E-state index is 13.2. The third-order valence-electron chi connectivity index (χ3n) is 5.75. The third kappa shape index (κ3) is 4.63. The van der Waals surface area contributed by atoms with Gasteiger partial charge in [-0.2, -0.15) is 0 Å². The molecule has 0 saturated heterocycles. The minimum Gasteiger partial charge on any atom is -0.496 e. The molecular formula is C25H25N3O6. The first-order chi connectivity index (χ1) is 16.5. The summed E-state index contributed by atoms with van der Waals surface area (Å²) in [4.78, 5) is 44.5. The predicted octanol–water partition coefficient (Wildman–Crippen LogP) is 2.32. The summed E-state index contributed by atoms with van der Waals surface area (Å²) in [6, 6.07) is 11.9. The van der Waals surface area contributed by atoms with E-state index in [9.17, 15) is 14.4 Å². The number of carbonyl (C=O) groups is 2. The molecule has 0 unspecified atom stereocenters. The molecule has 1 aliphatic rings. The van der Waals surface area contributed by atoms with Crippen LogP contribution in [0.25, 0.3) is 0 Å². The lowest BCUT2D eigenvalue weighted by Gasteiger charge is -2.21. The van der Waals surface area contributed by atoms with Crippen LogP contribution in [-0.4, -0.2) is 53.6 Å². The number of amides is 1. The molecule has 2 aromatic heterocycles. The van der Waals surface area contributed by atoms with Crippen molar-refractivity contribution in [2.75, 3.05) is 27.3 Å². The normalized spacial score (nSPS) is 12.9.